The molecule has 1 aliphatic heterocycles. The van der Waals surface area contributed by atoms with Crippen LogP contribution in [0.1, 0.15) is 31.7 Å². The number of carboxylic acid groups (broad SMARTS) is 1. The van der Waals surface area contributed by atoms with Crippen molar-refractivity contribution in [3.8, 4) is 0 Å². The van der Waals surface area contributed by atoms with Gasteiger partial charge in [0.2, 0.25) is 5.91 Å². The van der Waals surface area contributed by atoms with E-state index in [1.165, 1.54) is 0 Å². The Kier molecular flexibility index (Phi) is 4.78. The molecule has 2 rings (SSSR count). The van der Waals surface area contributed by atoms with Crippen molar-refractivity contribution < 1.29 is 24.3 Å². The summed E-state index contributed by atoms with van der Waals surface area (Å²) in [7, 11) is 0. The molecule has 1 aliphatic rings. The molecule has 1 aromatic carbocycles. The third-order valence-corrected chi connectivity index (χ3v) is 4.03. The minimum atomic E-state index is -1.46. The van der Waals surface area contributed by atoms with Gasteiger partial charge < -0.3 is 5.11 Å². The van der Waals surface area contributed by atoms with E-state index in [-0.39, 0.29) is 25.8 Å². The normalized spacial score (nSPS) is 21.3. The van der Waals surface area contributed by atoms with Crippen LogP contribution in [0, 0.1) is 0 Å². The predicted octanol–water partition coefficient (Wildman–Crippen LogP) is 1.28. The van der Waals surface area contributed by atoms with Gasteiger partial charge in [-0.05, 0) is 18.4 Å². The number of rotatable bonds is 6. The van der Waals surface area contributed by atoms with Crippen LogP contribution in [0.5, 0.6) is 0 Å². The van der Waals surface area contributed by atoms with Gasteiger partial charge in [0.25, 0.3) is 5.91 Å². The first-order valence-electron chi connectivity index (χ1n) is 7.38. The zero-order valence-corrected chi connectivity index (χ0v) is 12.7. The number of hydrogen-bond acceptors (Lipinski definition) is 4. The van der Waals surface area contributed by atoms with Crippen molar-refractivity contribution in [2.75, 3.05) is 6.54 Å². The Morgan fingerprint density at radius 1 is 1.22 bits per heavy atom. The highest BCUT2D eigenvalue weighted by Gasteiger charge is 2.53. The first-order chi connectivity index (χ1) is 10.9. The molecule has 0 aromatic heterocycles. The highest BCUT2D eigenvalue weighted by atomic mass is 16.4. The molecule has 1 atom stereocenters. The van der Waals surface area contributed by atoms with Crippen molar-refractivity contribution >= 4 is 23.8 Å². The molecule has 0 bridgehead atoms. The van der Waals surface area contributed by atoms with Gasteiger partial charge in [-0.2, -0.15) is 0 Å². The van der Waals surface area contributed by atoms with Crippen LogP contribution in [0.3, 0.4) is 0 Å². The van der Waals surface area contributed by atoms with E-state index in [2.05, 4.69) is 5.32 Å². The smallest absolute Gasteiger partial charge is 0.330 e. The van der Waals surface area contributed by atoms with Crippen molar-refractivity contribution in [3.63, 3.8) is 0 Å². The van der Waals surface area contributed by atoms with Gasteiger partial charge in [-0.3, -0.25) is 24.6 Å². The minimum absolute atomic E-state index is 0.0428. The Hall–Kier alpha value is -2.70. The molecule has 0 radical (unpaired) electrons. The number of benzene rings is 1. The topological polar surface area (TPSA) is 104 Å². The van der Waals surface area contributed by atoms with Gasteiger partial charge in [-0.1, -0.05) is 37.3 Å². The molecule has 0 unspecified atom stereocenters. The van der Waals surface area contributed by atoms with E-state index in [9.17, 15) is 19.2 Å². The Labute approximate surface area is 133 Å². The average Bonchev–Trinajstić information content (AvgIpc) is 2.52. The molecule has 1 fully saturated rings. The summed E-state index contributed by atoms with van der Waals surface area (Å²) in [6, 6.07) is 7.76. The number of nitrogens with zero attached hydrogens (tertiary/aromatic N) is 1. The Morgan fingerprint density at radius 3 is 2.43 bits per heavy atom. The van der Waals surface area contributed by atoms with Crippen molar-refractivity contribution in [1.29, 1.82) is 0 Å². The number of urea groups is 1. The van der Waals surface area contributed by atoms with Crippen LogP contribution >= 0.6 is 0 Å². The van der Waals surface area contributed by atoms with Gasteiger partial charge in [0.05, 0.1) is 0 Å². The van der Waals surface area contributed by atoms with Gasteiger partial charge in [-0.25, -0.2) is 4.79 Å². The molecule has 23 heavy (non-hydrogen) atoms. The highest BCUT2D eigenvalue weighted by Crippen LogP contribution is 2.33. The molecular weight excluding hydrogens is 300 g/mol. The average molecular weight is 318 g/mol. The summed E-state index contributed by atoms with van der Waals surface area (Å²) in [6.07, 6.45) is 0.178. The molecule has 7 nitrogen and oxygen atoms in total. The summed E-state index contributed by atoms with van der Waals surface area (Å²) in [5.41, 5.74) is -0.945. The molecule has 1 aromatic rings. The summed E-state index contributed by atoms with van der Waals surface area (Å²) in [4.78, 5) is 48.8. The Morgan fingerprint density at radius 2 is 1.87 bits per heavy atom. The zero-order valence-electron chi connectivity index (χ0n) is 12.7. The van der Waals surface area contributed by atoms with E-state index in [0.717, 1.165) is 4.90 Å². The molecule has 0 spiro atoms. The molecule has 1 saturated heterocycles. The molecular formula is C16H18N2O5. The molecule has 0 aliphatic carbocycles. The maximum atomic E-state index is 12.9. The van der Waals surface area contributed by atoms with Crippen LogP contribution in [0.25, 0.3) is 0 Å². The minimum Gasteiger partial charge on any atom is -0.481 e. The second-order valence-corrected chi connectivity index (χ2v) is 5.34. The maximum Gasteiger partial charge on any atom is 0.330 e. The molecule has 122 valence electrons. The van der Waals surface area contributed by atoms with Gasteiger partial charge >= 0.3 is 12.0 Å². The number of imide groups is 2. The number of carboxylic acids is 1. The summed E-state index contributed by atoms with van der Waals surface area (Å²) < 4.78 is 0. The van der Waals surface area contributed by atoms with E-state index in [4.69, 9.17) is 5.11 Å². The van der Waals surface area contributed by atoms with Crippen molar-refractivity contribution in [1.82, 2.24) is 10.2 Å². The van der Waals surface area contributed by atoms with Crippen LogP contribution in [-0.2, 0) is 19.8 Å². The van der Waals surface area contributed by atoms with Gasteiger partial charge in [0, 0.05) is 13.0 Å². The number of aliphatic carboxylic acids is 1. The lowest BCUT2D eigenvalue weighted by Gasteiger charge is -2.39. The fourth-order valence-electron chi connectivity index (χ4n) is 2.78. The first kappa shape index (κ1) is 16.7. The van der Waals surface area contributed by atoms with Crippen LogP contribution < -0.4 is 5.32 Å². The first-order valence-corrected chi connectivity index (χ1v) is 7.38. The number of amides is 4. The van der Waals surface area contributed by atoms with Crippen molar-refractivity contribution in [2.45, 2.75) is 31.6 Å². The van der Waals surface area contributed by atoms with Gasteiger partial charge in [0.15, 0.2) is 5.41 Å². The maximum absolute atomic E-state index is 12.9. The number of barbiturate groups is 1. The lowest BCUT2D eigenvalue weighted by Crippen LogP contribution is -2.65. The van der Waals surface area contributed by atoms with Crippen LogP contribution in [0.2, 0.25) is 0 Å². The van der Waals surface area contributed by atoms with E-state index in [1.807, 2.05) is 0 Å². The lowest BCUT2D eigenvalue weighted by atomic mass is 9.74. The standard InChI is InChI=1S/C16H18N2O5/c1-2-16(11-7-4-3-5-8-11)13(21)17-15(23)18(14(16)22)10-6-9-12(19)20/h3-5,7-8H,2,6,9-10H2,1H3,(H,19,20)(H,17,21,23)/t16-/m0/s1. The largest absolute Gasteiger partial charge is 0.481 e. The monoisotopic (exact) mass is 318 g/mol. The molecule has 1 heterocycles. The molecule has 2 N–H and O–H groups in total. The number of nitrogens with one attached hydrogen (secondary N) is 1. The number of carbonyl (C=O) groups is 4. The quantitative estimate of drug-likeness (QED) is 0.769. The molecule has 0 saturated carbocycles. The van der Waals surface area contributed by atoms with E-state index in [0.29, 0.717) is 5.56 Å². The Balaban J connectivity index is 2.34. The predicted molar refractivity (Wildman–Crippen MR) is 80.5 cm³/mol. The van der Waals surface area contributed by atoms with E-state index >= 15 is 0 Å². The van der Waals surface area contributed by atoms with Crippen LogP contribution in [0.15, 0.2) is 30.3 Å². The van der Waals surface area contributed by atoms with Gasteiger partial charge in [0.1, 0.15) is 0 Å². The second-order valence-electron chi connectivity index (χ2n) is 5.34. The number of hydrogen-bond donors (Lipinski definition) is 2. The fourth-order valence-corrected chi connectivity index (χ4v) is 2.78. The summed E-state index contributed by atoms with van der Waals surface area (Å²) in [6.45, 7) is 1.66. The molecule has 7 heteroatoms. The van der Waals surface area contributed by atoms with E-state index < -0.39 is 29.2 Å². The summed E-state index contributed by atoms with van der Waals surface area (Å²) in [5.74, 6) is -2.25. The van der Waals surface area contributed by atoms with E-state index in [1.54, 1.807) is 37.3 Å². The van der Waals surface area contributed by atoms with Crippen molar-refractivity contribution in [2.24, 2.45) is 0 Å². The van der Waals surface area contributed by atoms with Crippen LogP contribution in [-0.4, -0.2) is 40.4 Å². The zero-order chi connectivity index (χ0) is 17.0. The third kappa shape index (κ3) is 2.94. The summed E-state index contributed by atoms with van der Waals surface area (Å²) in [5, 5.41) is 10.9. The van der Waals surface area contributed by atoms with Crippen molar-refractivity contribution in [3.05, 3.63) is 35.9 Å². The third-order valence-electron chi connectivity index (χ3n) is 4.03. The fraction of sp³-hybridized carbons (Fsp3) is 0.375. The second kappa shape index (κ2) is 6.60. The molecule has 4 amide bonds. The van der Waals surface area contributed by atoms with Crippen LogP contribution in [0.4, 0.5) is 4.79 Å². The number of carbonyl (C=O) groups excluding carboxylic acids is 3. The van der Waals surface area contributed by atoms with Gasteiger partial charge in [-0.15, -0.1) is 0 Å². The summed E-state index contributed by atoms with van der Waals surface area (Å²) >= 11 is 0. The lowest BCUT2D eigenvalue weighted by molar-refractivity contribution is -0.146. The highest BCUT2D eigenvalue weighted by molar-refractivity contribution is 6.22. The SMILES string of the molecule is CC[C@]1(c2ccccc2)C(=O)NC(=O)N(CCCC(=O)O)C1=O. The Bertz CT molecular complexity index is 643.